The smallest absolute Gasteiger partial charge is 0.122 e. The van der Waals surface area contributed by atoms with Crippen LogP contribution in [0.1, 0.15) is 50.5 Å². The summed E-state index contributed by atoms with van der Waals surface area (Å²) in [7, 11) is 0. The van der Waals surface area contributed by atoms with E-state index in [4.69, 9.17) is 4.74 Å². The number of benzene rings is 1. The maximum absolute atomic E-state index is 5.82. The van der Waals surface area contributed by atoms with Gasteiger partial charge in [-0.15, -0.1) is 0 Å². The molecule has 2 aliphatic carbocycles. The Morgan fingerprint density at radius 1 is 1.19 bits per heavy atom. The van der Waals surface area contributed by atoms with E-state index in [1.807, 2.05) is 0 Å². The first-order chi connectivity index (χ1) is 10.3. The van der Waals surface area contributed by atoms with Crippen LogP contribution in [-0.4, -0.2) is 19.2 Å². The van der Waals surface area contributed by atoms with E-state index in [0.717, 1.165) is 36.7 Å². The van der Waals surface area contributed by atoms with Crippen LogP contribution in [0, 0.1) is 17.8 Å². The van der Waals surface area contributed by atoms with Gasteiger partial charge in [-0.25, -0.2) is 0 Å². The number of ether oxygens (including phenoxy) is 1. The van der Waals surface area contributed by atoms with Crippen LogP contribution in [0.15, 0.2) is 24.3 Å². The fourth-order valence-electron chi connectivity index (χ4n) is 4.76. The summed E-state index contributed by atoms with van der Waals surface area (Å²) in [5.41, 5.74) is 1.44. The van der Waals surface area contributed by atoms with Gasteiger partial charge in [0.1, 0.15) is 5.75 Å². The first kappa shape index (κ1) is 13.6. The second-order valence-corrected chi connectivity index (χ2v) is 7.26. The first-order valence-electron chi connectivity index (χ1n) is 8.80. The minimum absolute atomic E-state index is 0.677. The molecule has 2 nitrogen and oxygen atoms in total. The fourth-order valence-corrected chi connectivity index (χ4v) is 4.76. The van der Waals surface area contributed by atoms with Crippen molar-refractivity contribution in [1.29, 1.82) is 0 Å². The number of hydrogen-bond donors (Lipinski definition) is 1. The Morgan fingerprint density at radius 3 is 2.81 bits per heavy atom. The molecule has 2 fully saturated rings. The lowest BCUT2D eigenvalue weighted by Gasteiger charge is -2.32. The highest BCUT2D eigenvalue weighted by atomic mass is 16.5. The molecule has 4 atom stereocenters. The Balaban J connectivity index is 1.48. The van der Waals surface area contributed by atoms with E-state index in [9.17, 15) is 0 Å². The van der Waals surface area contributed by atoms with Crippen molar-refractivity contribution >= 4 is 0 Å². The van der Waals surface area contributed by atoms with Crippen molar-refractivity contribution in [2.45, 2.75) is 51.0 Å². The van der Waals surface area contributed by atoms with E-state index in [0.29, 0.717) is 12.0 Å². The molecule has 1 aliphatic heterocycles. The molecular weight excluding hydrogens is 258 g/mol. The quantitative estimate of drug-likeness (QED) is 0.884. The summed E-state index contributed by atoms with van der Waals surface area (Å²) in [5.74, 6) is 4.88. The van der Waals surface area contributed by atoms with Gasteiger partial charge in [-0.3, -0.25) is 0 Å². The predicted octanol–water partition coefficient (Wildman–Crippen LogP) is 3.97. The zero-order valence-electron chi connectivity index (χ0n) is 13.1. The van der Waals surface area contributed by atoms with Crippen molar-refractivity contribution in [3.05, 3.63) is 29.8 Å². The molecule has 114 valence electrons. The van der Waals surface area contributed by atoms with Gasteiger partial charge in [0.05, 0.1) is 6.61 Å². The summed E-state index contributed by atoms with van der Waals surface area (Å²) < 4.78 is 5.82. The van der Waals surface area contributed by atoms with Crippen molar-refractivity contribution in [2.75, 3.05) is 13.2 Å². The van der Waals surface area contributed by atoms with Crippen molar-refractivity contribution in [3.63, 3.8) is 0 Å². The van der Waals surface area contributed by atoms with Gasteiger partial charge in [-0.2, -0.15) is 0 Å². The number of fused-ring (bicyclic) bond motifs is 2. The summed E-state index contributed by atoms with van der Waals surface area (Å²) in [6.45, 7) is 4.23. The molecule has 0 aromatic heterocycles. The van der Waals surface area contributed by atoms with Crippen LogP contribution in [0.4, 0.5) is 0 Å². The Bertz CT molecular complexity index is 490. The molecule has 21 heavy (non-hydrogen) atoms. The van der Waals surface area contributed by atoms with Gasteiger partial charge in [-0.05, 0) is 74.0 Å². The van der Waals surface area contributed by atoms with E-state index in [1.165, 1.54) is 37.7 Å². The van der Waals surface area contributed by atoms with Gasteiger partial charge in [0.25, 0.3) is 0 Å². The van der Waals surface area contributed by atoms with Crippen LogP contribution in [0.3, 0.4) is 0 Å². The highest BCUT2D eigenvalue weighted by Gasteiger charge is 2.48. The minimum Gasteiger partial charge on any atom is -0.493 e. The van der Waals surface area contributed by atoms with Gasteiger partial charge in [0.15, 0.2) is 0 Å². The van der Waals surface area contributed by atoms with Crippen LogP contribution in [0.2, 0.25) is 0 Å². The number of hydrogen-bond acceptors (Lipinski definition) is 2. The molecule has 2 heteroatoms. The molecule has 1 aromatic rings. The van der Waals surface area contributed by atoms with E-state index in [1.54, 1.807) is 0 Å². The maximum atomic E-state index is 5.82. The Hall–Kier alpha value is -1.02. The molecule has 0 saturated heterocycles. The molecule has 0 radical (unpaired) electrons. The number of nitrogens with one attached hydrogen (secondary N) is 1. The van der Waals surface area contributed by atoms with Crippen LogP contribution < -0.4 is 10.1 Å². The van der Waals surface area contributed by atoms with Crippen molar-refractivity contribution in [1.82, 2.24) is 5.32 Å². The Labute approximate surface area is 128 Å². The number of rotatable bonds is 5. The molecule has 1 N–H and O–H groups in total. The minimum atomic E-state index is 0.677. The average Bonchev–Trinajstić information content (AvgIpc) is 3.13. The van der Waals surface area contributed by atoms with Crippen molar-refractivity contribution in [2.24, 2.45) is 17.8 Å². The SMILES string of the molecule is CCNC(CC1CCOc2ccccc21)C1CC2CC2C1. The molecule has 1 heterocycles. The van der Waals surface area contributed by atoms with Gasteiger partial charge in [0, 0.05) is 6.04 Å². The molecule has 0 spiro atoms. The molecule has 0 bridgehead atoms. The van der Waals surface area contributed by atoms with Crippen LogP contribution in [0.25, 0.3) is 0 Å². The summed E-state index contributed by atoms with van der Waals surface area (Å²) in [6, 6.07) is 9.36. The molecule has 0 amide bonds. The second-order valence-electron chi connectivity index (χ2n) is 7.26. The lowest BCUT2D eigenvalue weighted by molar-refractivity contribution is 0.237. The zero-order valence-corrected chi connectivity index (χ0v) is 13.1. The summed E-state index contributed by atoms with van der Waals surface area (Å²) >= 11 is 0. The number of para-hydroxylation sites is 1. The highest BCUT2D eigenvalue weighted by Crippen LogP contribution is 2.56. The lowest BCUT2D eigenvalue weighted by Crippen LogP contribution is -2.37. The molecule has 3 aliphatic rings. The molecule has 2 saturated carbocycles. The maximum Gasteiger partial charge on any atom is 0.122 e. The standard InChI is InChI=1S/C19H27NO/c1-2-20-18(16-10-14-9-15(14)11-16)12-13-7-8-21-19-6-4-3-5-17(13)19/h3-6,13-16,18,20H,2,7-12H2,1H3. The van der Waals surface area contributed by atoms with Gasteiger partial charge < -0.3 is 10.1 Å². The third-order valence-corrected chi connectivity index (χ3v) is 5.94. The predicted molar refractivity (Wildman–Crippen MR) is 85.7 cm³/mol. The highest BCUT2D eigenvalue weighted by molar-refractivity contribution is 5.37. The molecular formula is C19H27NO. The molecule has 4 unspecified atom stereocenters. The van der Waals surface area contributed by atoms with E-state index in [-0.39, 0.29) is 0 Å². The monoisotopic (exact) mass is 285 g/mol. The zero-order chi connectivity index (χ0) is 14.2. The molecule has 4 rings (SSSR count). The fraction of sp³-hybridized carbons (Fsp3) is 0.684. The first-order valence-corrected chi connectivity index (χ1v) is 8.80. The largest absolute Gasteiger partial charge is 0.493 e. The van der Waals surface area contributed by atoms with Gasteiger partial charge >= 0.3 is 0 Å². The summed E-state index contributed by atoms with van der Waals surface area (Å²) in [6.07, 6.45) is 6.95. The van der Waals surface area contributed by atoms with Crippen molar-refractivity contribution < 1.29 is 4.74 Å². The third-order valence-electron chi connectivity index (χ3n) is 5.94. The van der Waals surface area contributed by atoms with E-state index >= 15 is 0 Å². The van der Waals surface area contributed by atoms with E-state index < -0.39 is 0 Å². The van der Waals surface area contributed by atoms with Gasteiger partial charge in [0.2, 0.25) is 0 Å². The lowest BCUT2D eigenvalue weighted by atomic mass is 9.82. The van der Waals surface area contributed by atoms with Crippen molar-refractivity contribution in [3.8, 4) is 5.75 Å². The third kappa shape index (κ3) is 2.70. The molecule has 1 aromatic carbocycles. The van der Waals surface area contributed by atoms with Crippen LogP contribution in [0.5, 0.6) is 5.75 Å². The summed E-state index contributed by atoms with van der Waals surface area (Å²) in [4.78, 5) is 0. The van der Waals surface area contributed by atoms with Gasteiger partial charge in [-0.1, -0.05) is 25.1 Å². The normalized spacial score (nSPS) is 34.7. The van der Waals surface area contributed by atoms with E-state index in [2.05, 4.69) is 36.5 Å². The van der Waals surface area contributed by atoms with Crippen LogP contribution in [-0.2, 0) is 0 Å². The topological polar surface area (TPSA) is 21.3 Å². The Morgan fingerprint density at radius 2 is 2.00 bits per heavy atom. The van der Waals surface area contributed by atoms with Crippen LogP contribution >= 0.6 is 0 Å². The summed E-state index contributed by atoms with van der Waals surface area (Å²) in [5, 5.41) is 3.80. The Kier molecular flexibility index (Phi) is 3.66. The average molecular weight is 285 g/mol. The second kappa shape index (κ2) is 5.64.